The summed E-state index contributed by atoms with van der Waals surface area (Å²) in [6.45, 7) is 8.88. The Kier molecular flexibility index (Phi) is 9.78. The number of ether oxygens (including phenoxy) is 1. The van der Waals surface area contributed by atoms with Gasteiger partial charge in [-0.1, -0.05) is 27.7 Å². The van der Waals surface area contributed by atoms with Crippen molar-refractivity contribution >= 4 is 12.0 Å². The lowest BCUT2D eigenvalue weighted by atomic mass is 9.96. The SMILES string of the molecule is CCC(CC)N(CCOC)C(=O)NCC(C(=O)O)C(C)C. The van der Waals surface area contributed by atoms with Crippen molar-refractivity contribution in [2.45, 2.75) is 46.6 Å². The number of rotatable bonds is 10. The molecule has 1 atom stereocenters. The number of hydrogen-bond donors (Lipinski definition) is 2. The summed E-state index contributed by atoms with van der Waals surface area (Å²) in [7, 11) is 1.60. The number of carboxylic acid groups (broad SMARTS) is 1. The monoisotopic (exact) mass is 302 g/mol. The third-order valence-corrected chi connectivity index (χ3v) is 3.78. The summed E-state index contributed by atoms with van der Waals surface area (Å²) in [5, 5.41) is 11.9. The second kappa shape index (κ2) is 10.4. The summed E-state index contributed by atoms with van der Waals surface area (Å²) in [6, 6.07) is -0.0740. The van der Waals surface area contributed by atoms with Gasteiger partial charge in [0.15, 0.2) is 0 Å². The Morgan fingerprint density at radius 2 is 1.81 bits per heavy atom. The quantitative estimate of drug-likeness (QED) is 0.648. The number of nitrogens with zero attached hydrogens (tertiary/aromatic N) is 1. The van der Waals surface area contributed by atoms with Crippen LogP contribution in [0.25, 0.3) is 0 Å². The number of carboxylic acids is 1. The van der Waals surface area contributed by atoms with E-state index >= 15 is 0 Å². The van der Waals surface area contributed by atoms with Crippen LogP contribution in [-0.2, 0) is 9.53 Å². The Morgan fingerprint density at radius 3 is 2.19 bits per heavy atom. The molecular weight excluding hydrogens is 272 g/mol. The number of aliphatic carboxylic acids is 1. The highest BCUT2D eigenvalue weighted by Gasteiger charge is 2.25. The molecule has 0 saturated heterocycles. The van der Waals surface area contributed by atoms with Gasteiger partial charge in [0.2, 0.25) is 0 Å². The van der Waals surface area contributed by atoms with Gasteiger partial charge >= 0.3 is 12.0 Å². The lowest BCUT2D eigenvalue weighted by Gasteiger charge is -2.31. The third kappa shape index (κ3) is 6.80. The molecule has 2 N–H and O–H groups in total. The maximum Gasteiger partial charge on any atom is 0.317 e. The lowest BCUT2D eigenvalue weighted by molar-refractivity contribution is -0.142. The van der Waals surface area contributed by atoms with Crippen molar-refractivity contribution in [3.8, 4) is 0 Å². The van der Waals surface area contributed by atoms with Gasteiger partial charge in [0, 0.05) is 26.2 Å². The highest BCUT2D eigenvalue weighted by atomic mass is 16.5. The molecule has 0 fully saturated rings. The molecule has 0 radical (unpaired) electrons. The van der Waals surface area contributed by atoms with Crippen LogP contribution in [-0.4, -0.2) is 54.9 Å². The van der Waals surface area contributed by atoms with E-state index in [2.05, 4.69) is 5.32 Å². The molecule has 0 aromatic heterocycles. The van der Waals surface area contributed by atoms with Crippen LogP contribution in [0.1, 0.15) is 40.5 Å². The van der Waals surface area contributed by atoms with Crippen molar-refractivity contribution < 1.29 is 19.4 Å². The van der Waals surface area contributed by atoms with Gasteiger partial charge in [-0.05, 0) is 18.8 Å². The van der Waals surface area contributed by atoms with Gasteiger partial charge in [0.25, 0.3) is 0 Å². The number of urea groups is 1. The topological polar surface area (TPSA) is 78.9 Å². The molecule has 2 amide bonds. The van der Waals surface area contributed by atoms with Gasteiger partial charge in [0.05, 0.1) is 12.5 Å². The van der Waals surface area contributed by atoms with E-state index in [4.69, 9.17) is 9.84 Å². The van der Waals surface area contributed by atoms with Crippen LogP contribution in [0.5, 0.6) is 0 Å². The molecular formula is C15H30N2O4. The number of amides is 2. The Hall–Kier alpha value is -1.30. The summed E-state index contributed by atoms with van der Waals surface area (Å²) in [5.74, 6) is -1.47. The fourth-order valence-electron chi connectivity index (χ4n) is 2.28. The summed E-state index contributed by atoms with van der Waals surface area (Å²) in [5.41, 5.74) is 0. The van der Waals surface area contributed by atoms with Crippen molar-refractivity contribution in [1.29, 1.82) is 0 Å². The second-order valence-corrected chi connectivity index (χ2v) is 5.53. The average molecular weight is 302 g/mol. The molecule has 0 heterocycles. The summed E-state index contributed by atoms with van der Waals surface area (Å²) >= 11 is 0. The van der Waals surface area contributed by atoms with E-state index in [1.807, 2.05) is 27.7 Å². The van der Waals surface area contributed by atoms with Crippen molar-refractivity contribution in [3.63, 3.8) is 0 Å². The predicted molar refractivity (Wildman–Crippen MR) is 82.3 cm³/mol. The van der Waals surface area contributed by atoms with Crippen molar-refractivity contribution in [2.24, 2.45) is 11.8 Å². The highest BCUT2D eigenvalue weighted by Crippen LogP contribution is 2.12. The maximum absolute atomic E-state index is 12.3. The molecule has 1 unspecified atom stereocenters. The maximum atomic E-state index is 12.3. The van der Waals surface area contributed by atoms with E-state index in [9.17, 15) is 9.59 Å². The van der Waals surface area contributed by atoms with E-state index in [1.54, 1.807) is 12.0 Å². The first-order valence-corrected chi connectivity index (χ1v) is 7.65. The summed E-state index contributed by atoms with van der Waals surface area (Å²) in [6.07, 6.45) is 1.72. The molecule has 6 nitrogen and oxygen atoms in total. The third-order valence-electron chi connectivity index (χ3n) is 3.78. The van der Waals surface area contributed by atoms with E-state index in [-0.39, 0.29) is 24.5 Å². The zero-order chi connectivity index (χ0) is 16.4. The molecule has 0 aliphatic rings. The van der Waals surface area contributed by atoms with Crippen LogP contribution in [0.2, 0.25) is 0 Å². The minimum Gasteiger partial charge on any atom is -0.481 e. The van der Waals surface area contributed by atoms with Gasteiger partial charge in [-0.2, -0.15) is 0 Å². The fraction of sp³-hybridized carbons (Fsp3) is 0.867. The summed E-state index contributed by atoms with van der Waals surface area (Å²) in [4.78, 5) is 25.2. The molecule has 0 aromatic rings. The predicted octanol–water partition coefficient (Wildman–Crippen LogP) is 2.19. The minimum atomic E-state index is -0.878. The standard InChI is InChI=1S/C15H30N2O4/c1-6-12(7-2)17(8-9-21-5)15(20)16-10-13(11(3)4)14(18)19/h11-13H,6-10H2,1-5H3,(H,16,20)(H,18,19). The van der Waals surface area contributed by atoms with Crippen LogP contribution in [0, 0.1) is 11.8 Å². The zero-order valence-corrected chi connectivity index (χ0v) is 13.9. The van der Waals surface area contributed by atoms with Gasteiger partial charge in [0.1, 0.15) is 0 Å². The van der Waals surface area contributed by atoms with Gasteiger partial charge < -0.3 is 20.1 Å². The molecule has 0 rings (SSSR count). The molecule has 0 aromatic carbocycles. The Labute approximate surface area is 127 Å². The zero-order valence-electron chi connectivity index (χ0n) is 13.9. The number of methoxy groups -OCH3 is 1. The molecule has 6 heteroatoms. The van der Waals surface area contributed by atoms with Gasteiger partial charge in [-0.3, -0.25) is 4.79 Å². The molecule has 0 aliphatic carbocycles. The van der Waals surface area contributed by atoms with E-state index in [1.165, 1.54) is 0 Å². The number of nitrogens with one attached hydrogen (secondary N) is 1. The summed E-state index contributed by atoms with van der Waals surface area (Å²) < 4.78 is 5.05. The first kappa shape index (κ1) is 19.7. The van der Waals surface area contributed by atoms with Crippen LogP contribution < -0.4 is 5.32 Å². The van der Waals surface area contributed by atoms with Crippen LogP contribution in [0.15, 0.2) is 0 Å². The second-order valence-electron chi connectivity index (χ2n) is 5.53. The Bertz CT molecular complexity index is 317. The largest absolute Gasteiger partial charge is 0.481 e. The van der Waals surface area contributed by atoms with E-state index in [0.29, 0.717) is 13.2 Å². The van der Waals surface area contributed by atoms with Crippen LogP contribution in [0.4, 0.5) is 4.79 Å². The Balaban J connectivity index is 4.69. The van der Waals surface area contributed by atoms with Crippen molar-refractivity contribution in [2.75, 3.05) is 26.8 Å². The minimum absolute atomic E-state index is 0.0247. The molecule has 0 aliphatic heterocycles. The number of carbonyl (C=O) groups is 2. The first-order valence-electron chi connectivity index (χ1n) is 7.65. The molecule has 21 heavy (non-hydrogen) atoms. The first-order chi connectivity index (χ1) is 9.88. The lowest BCUT2D eigenvalue weighted by Crippen LogP contribution is -2.49. The van der Waals surface area contributed by atoms with E-state index in [0.717, 1.165) is 12.8 Å². The number of hydrogen-bond acceptors (Lipinski definition) is 3. The number of carbonyl (C=O) groups excluding carboxylic acids is 1. The van der Waals surface area contributed by atoms with Gasteiger partial charge in [-0.25, -0.2) is 4.79 Å². The van der Waals surface area contributed by atoms with Crippen molar-refractivity contribution in [3.05, 3.63) is 0 Å². The fourth-order valence-corrected chi connectivity index (χ4v) is 2.28. The van der Waals surface area contributed by atoms with E-state index < -0.39 is 11.9 Å². The highest BCUT2D eigenvalue weighted by molar-refractivity contribution is 5.76. The molecule has 0 spiro atoms. The van der Waals surface area contributed by atoms with Gasteiger partial charge in [-0.15, -0.1) is 0 Å². The Morgan fingerprint density at radius 1 is 1.24 bits per heavy atom. The normalized spacial score (nSPS) is 12.5. The van der Waals surface area contributed by atoms with Crippen LogP contribution >= 0.6 is 0 Å². The average Bonchev–Trinajstić information content (AvgIpc) is 2.42. The molecule has 124 valence electrons. The smallest absolute Gasteiger partial charge is 0.317 e. The molecule has 0 bridgehead atoms. The van der Waals surface area contributed by atoms with Crippen molar-refractivity contribution in [1.82, 2.24) is 10.2 Å². The van der Waals surface area contributed by atoms with Crippen LogP contribution in [0.3, 0.4) is 0 Å². The molecule has 0 saturated carbocycles.